The molecular weight excluding hydrogens is 374 g/mol. The Bertz CT molecular complexity index is 625. The number of carbonyl (C=O) groups excluding carboxylic acids is 2. The molecule has 0 saturated heterocycles. The van der Waals surface area contributed by atoms with Crippen LogP contribution in [0.4, 0.5) is 5.69 Å². The van der Waals surface area contributed by atoms with Gasteiger partial charge in [0.25, 0.3) is 5.69 Å². The van der Waals surface area contributed by atoms with Gasteiger partial charge in [-0.25, -0.2) is 0 Å². The van der Waals surface area contributed by atoms with Crippen LogP contribution in [-0.4, -0.2) is 21.8 Å². The molecule has 6 heteroatoms. The molecule has 5 nitrogen and oxygen atoms in total. The average Bonchev–Trinajstić information content (AvgIpc) is 2.55. The molecule has 0 radical (unpaired) electrons. The summed E-state index contributed by atoms with van der Waals surface area (Å²) in [5.74, 6) is -0.514. The highest BCUT2D eigenvalue weighted by molar-refractivity contribution is 9.09. The number of nitro groups is 1. The van der Waals surface area contributed by atoms with Crippen molar-refractivity contribution in [1.29, 1.82) is 0 Å². The van der Waals surface area contributed by atoms with E-state index in [-0.39, 0.29) is 22.8 Å². The number of ketones is 2. The number of unbranched alkanes of at least 4 members (excludes halogenated alkanes) is 4. The van der Waals surface area contributed by atoms with E-state index in [0.717, 1.165) is 37.4 Å². The first-order valence-electron chi connectivity index (χ1n) is 8.02. The van der Waals surface area contributed by atoms with Gasteiger partial charge in [0, 0.05) is 23.9 Å². The second-order valence-electron chi connectivity index (χ2n) is 5.60. The average molecular weight is 396 g/mol. The van der Waals surface area contributed by atoms with Crippen LogP contribution in [0.2, 0.25) is 0 Å². The van der Waals surface area contributed by atoms with Gasteiger partial charge in [0.15, 0.2) is 11.6 Å². The molecule has 0 aliphatic carbocycles. The summed E-state index contributed by atoms with van der Waals surface area (Å²) < 4.78 is 0. The van der Waals surface area contributed by atoms with E-state index < -0.39 is 4.92 Å². The first-order chi connectivity index (χ1) is 11.5. The summed E-state index contributed by atoms with van der Waals surface area (Å²) >= 11 is 3.38. The van der Waals surface area contributed by atoms with Gasteiger partial charge in [-0.2, -0.15) is 0 Å². The van der Waals surface area contributed by atoms with E-state index in [0.29, 0.717) is 12.0 Å². The summed E-state index contributed by atoms with van der Waals surface area (Å²) in [4.78, 5) is 34.3. The molecule has 0 aromatic heterocycles. The van der Waals surface area contributed by atoms with Crippen molar-refractivity contribution in [3.63, 3.8) is 0 Å². The van der Waals surface area contributed by atoms with Crippen LogP contribution >= 0.6 is 15.9 Å². The number of allylic oxidation sites excluding steroid dienone is 1. The second-order valence-corrected chi connectivity index (χ2v) is 6.39. The van der Waals surface area contributed by atoms with Crippen LogP contribution < -0.4 is 0 Å². The molecule has 0 bridgehead atoms. The topological polar surface area (TPSA) is 77.3 Å². The summed E-state index contributed by atoms with van der Waals surface area (Å²) in [6.45, 7) is 1.34. The molecular formula is C18H22BrNO4. The third kappa shape index (κ3) is 7.17. The van der Waals surface area contributed by atoms with Gasteiger partial charge in [-0.3, -0.25) is 19.7 Å². The highest BCUT2D eigenvalue weighted by atomic mass is 79.9. The molecule has 0 N–H and O–H groups in total. The normalized spacial score (nSPS) is 11.3. The molecule has 24 heavy (non-hydrogen) atoms. The SMILES string of the molecule is CC(=O)C(=Cc1cccc([N+](=O)[O-])c1)C(=O)CCCCCCCBr. The summed E-state index contributed by atoms with van der Waals surface area (Å²) in [7, 11) is 0. The van der Waals surface area contributed by atoms with Crippen LogP contribution in [-0.2, 0) is 9.59 Å². The molecule has 1 aromatic rings. The van der Waals surface area contributed by atoms with E-state index in [1.165, 1.54) is 31.2 Å². The zero-order valence-electron chi connectivity index (χ0n) is 13.8. The fourth-order valence-electron chi connectivity index (χ4n) is 2.32. The van der Waals surface area contributed by atoms with Gasteiger partial charge in [0.05, 0.1) is 10.5 Å². The lowest BCUT2D eigenvalue weighted by Crippen LogP contribution is -2.10. The van der Waals surface area contributed by atoms with E-state index in [1.54, 1.807) is 6.07 Å². The Hall–Kier alpha value is -1.82. The Morgan fingerprint density at radius 1 is 1.17 bits per heavy atom. The molecule has 0 spiro atoms. The predicted molar refractivity (Wildman–Crippen MR) is 98.3 cm³/mol. The van der Waals surface area contributed by atoms with Gasteiger partial charge >= 0.3 is 0 Å². The fourth-order valence-corrected chi connectivity index (χ4v) is 2.71. The standard InChI is InChI=1S/C18H22BrNO4/c1-14(21)17(18(22)10-5-3-2-4-6-11-19)13-15-8-7-9-16(12-15)20(23)24/h7-9,12-13H,2-6,10-11H2,1H3. The largest absolute Gasteiger partial charge is 0.294 e. The lowest BCUT2D eigenvalue weighted by atomic mass is 9.99. The van der Waals surface area contributed by atoms with E-state index in [9.17, 15) is 19.7 Å². The number of nitrogens with zero attached hydrogens (tertiary/aromatic N) is 1. The number of alkyl halides is 1. The van der Waals surface area contributed by atoms with Crippen molar-refractivity contribution in [3.05, 3.63) is 45.5 Å². The van der Waals surface area contributed by atoms with Crippen molar-refractivity contribution in [2.24, 2.45) is 0 Å². The third-order valence-electron chi connectivity index (χ3n) is 3.61. The molecule has 0 saturated carbocycles. The maximum atomic E-state index is 12.3. The smallest absolute Gasteiger partial charge is 0.270 e. The number of Topliss-reactive ketones (excluding diaryl/α,β-unsaturated/α-hetero) is 2. The Labute approximate surface area is 150 Å². The first-order valence-corrected chi connectivity index (χ1v) is 9.14. The second kappa shape index (κ2) is 10.9. The number of halogens is 1. The van der Waals surface area contributed by atoms with Gasteiger partial charge in [-0.1, -0.05) is 47.3 Å². The lowest BCUT2D eigenvalue weighted by Gasteiger charge is -2.04. The Balaban J connectivity index is 2.72. The number of hydrogen-bond donors (Lipinski definition) is 0. The maximum absolute atomic E-state index is 12.3. The van der Waals surface area contributed by atoms with Crippen LogP contribution in [0.5, 0.6) is 0 Å². The minimum atomic E-state index is -0.500. The third-order valence-corrected chi connectivity index (χ3v) is 4.17. The van der Waals surface area contributed by atoms with Crippen LogP contribution in [0.1, 0.15) is 51.0 Å². The van der Waals surface area contributed by atoms with Crippen molar-refractivity contribution < 1.29 is 14.5 Å². The molecule has 1 rings (SSSR count). The lowest BCUT2D eigenvalue weighted by molar-refractivity contribution is -0.384. The Kier molecular flexibility index (Phi) is 9.15. The summed E-state index contributed by atoms with van der Waals surface area (Å²) in [5, 5.41) is 11.8. The summed E-state index contributed by atoms with van der Waals surface area (Å²) in [5.41, 5.74) is 0.530. The van der Waals surface area contributed by atoms with E-state index in [2.05, 4.69) is 15.9 Å². The number of benzene rings is 1. The van der Waals surface area contributed by atoms with E-state index in [4.69, 9.17) is 0 Å². The molecule has 0 fully saturated rings. The van der Waals surface area contributed by atoms with Crippen molar-refractivity contribution in [2.45, 2.75) is 45.4 Å². The zero-order valence-corrected chi connectivity index (χ0v) is 15.4. The molecule has 0 aliphatic heterocycles. The van der Waals surface area contributed by atoms with Crippen molar-refractivity contribution in [3.8, 4) is 0 Å². The molecule has 130 valence electrons. The number of carbonyl (C=O) groups is 2. The van der Waals surface area contributed by atoms with E-state index >= 15 is 0 Å². The van der Waals surface area contributed by atoms with Gasteiger partial charge < -0.3 is 0 Å². The minimum absolute atomic E-state index is 0.0640. The monoisotopic (exact) mass is 395 g/mol. The van der Waals surface area contributed by atoms with Crippen molar-refractivity contribution >= 4 is 39.3 Å². The highest BCUT2D eigenvalue weighted by Crippen LogP contribution is 2.18. The molecule has 1 aromatic carbocycles. The number of rotatable bonds is 11. The van der Waals surface area contributed by atoms with Crippen molar-refractivity contribution in [2.75, 3.05) is 5.33 Å². The predicted octanol–water partition coefficient (Wildman–Crippen LogP) is 4.87. The summed E-state index contributed by atoms with van der Waals surface area (Å²) in [6.07, 6.45) is 6.81. The van der Waals surface area contributed by atoms with Gasteiger partial charge in [0.2, 0.25) is 0 Å². The van der Waals surface area contributed by atoms with Crippen LogP contribution in [0, 0.1) is 10.1 Å². The van der Waals surface area contributed by atoms with E-state index in [1.807, 2.05) is 0 Å². The number of nitro benzene ring substituents is 1. The molecule has 0 aliphatic rings. The van der Waals surface area contributed by atoms with Gasteiger partial charge in [-0.15, -0.1) is 0 Å². The summed E-state index contributed by atoms with van der Waals surface area (Å²) in [6, 6.07) is 5.91. The van der Waals surface area contributed by atoms with Crippen LogP contribution in [0.3, 0.4) is 0 Å². The fraction of sp³-hybridized carbons (Fsp3) is 0.444. The zero-order chi connectivity index (χ0) is 17.9. The maximum Gasteiger partial charge on any atom is 0.270 e. The van der Waals surface area contributed by atoms with Gasteiger partial charge in [0.1, 0.15) is 0 Å². The molecule has 0 heterocycles. The number of hydrogen-bond acceptors (Lipinski definition) is 4. The van der Waals surface area contributed by atoms with Crippen molar-refractivity contribution in [1.82, 2.24) is 0 Å². The van der Waals surface area contributed by atoms with Gasteiger partial charge in [-0.05, 0) is 31.4 Å². The van der Waals surface area contributed by atoms with Crippen LogP contribution in [0.15, 0.2) is 29.8 Å². The Morgan fingerprint density at radius 2 is 1.83 bits per heavy atom. The first kappa shape index (κ1) is 20.2. The quantitative estimate of drug-likeness (QED) is 0.102. The Morgan fingerprint density at radius 3 is 2.46 bits per heavy atom. The number of non-ortho nitro benzene ring substituents is 1. The van der Waals surface area contributed by atoms with Crippen LogP contribution in [0.25, 0.3) is 6.08 Å². The molecule has 0 atom stereocenters. The minimum Gasteiger partial charge on any atom is -0.294 e. The molecule has 0 unspecified atom stereocenters. The molecule has 0 amide bonds. The highest BCUT2D eigenvalue weighted by Gasteiger charge is 2.15.